The topological polar surface area (TPSA) is 27.0 Å². The molecule has 1 aromatic rings. The standard InChI is InChI=1S/C13H17ClN2/c1-4-13(9-15)16(3)10(2)11-5-7-12(14)8-6-11/h5-8,10,13H,4H2,1-3H3. The first kappa shape index (κ1) is 13.0. The second-order valence-electron chi connectivity index (χ2n) is 3.95. The first-order valence-corrected chi connectivity index (χ1v) is 5.85. The van der Waals surface area contributed by atoms with Gasteiger partial charge in [-0.25, -0.2) is 0 Å². The molecular weight excluding hydrogens is 220 g/mol. The molecule has 2 unspecified atom stereocenters. The number of halogens is 1. The zero-order chi connectivity index (χ0) is 12.1. The van der Waals surface area contributed by atoms with E-state index in [1.165, 1.54) is 5.56 Å². The Bertz CT molecular complexity index is 367. The van der Waals surface area contributed by atoms with Crippen molar-refractivity contribution in [3.05, 3.63) is 34.9 Å². The van der Waals surface area contributed by atoms with Crippen LogP contribution in [0.25, 0.3) is 0 Å². The molecule has 0 radical (unpaired) electrons. The van der Waals surface area contributed by atoms with Gasteiger partial charge in [-0.15, -0.1) is 0 Å². The number of benzene rings is 1. The maximum atomic E-state index is 9.02. The molecule has 1 aromatic carbocycles. The fourth-order valence-electron chi connectivity index (χ4n) is 1.72. The van der Waals surface area contributed by atoms with E-state index in [4.69, 9.17) is 16.9 Å². The van der Waals surface area contributed by atoms with Gasteiger partial charge in [0.1, 0.15) is 0 Å². The molecule has 0 N–H and O–H groups in total. The minimum atomic E-state index is -0.0364. The summed E-state index contributed by atoms with van der Waals surface area (Å²) < 4.78 is 0. The van der Waals surface area contributed by atoms with Crippen molar-refractivity contribution in [2.75, 3.05) is 7.05 Å². The average Bonchev–Trinajstić information content (AvgIpc) is 2.30. The van der Waals surface area contributed by atoms with E-state index in [9.17, 15) is 0 Å². The normalized spacial score (nSPS) is 14.5. The molecule has 16 heavy (non-hydrogen) atoms. The van der Waals surface area contributed by atoms with Crippen LogP contribution in [0.5, 0.6) is 0 Å². The van der Waals surface area contributed by atoms with Crippen molar-refractivity contribution in [2.24, 2.45) is 0 Å². The third-order valence-corrected chi connectivity index (χ3v) is 3.24. The minimum absolute atomic E-state index is 0.0364. The van der Waals surface area contributed by atoms with Crippen LogP contribution in [0.15, 0.2) is 24.3 Å². The molecule has 2 atom stereocenters. The Morgan fingerprint density at radius 2 is 1.94 bits per heavy atom. The summed E-state index contributed by atoms with van der Waals surface area (Å²) >= 11 is 5.85. The lowest BCUT2D eigenvalue weighted by atomic mass is 10.1. The molecule has 1 rings (SSSR count). The Morgan fingerprint density at radius 3 is 2.38 bits per heavy atom. The van der Waals surface area contributed by atoms with Crippen LogP contribution in [0, 0.1) is 11.3 Å². The maximum Gasteiger partial charge on any atom is 0.0977 e. The van der Waals surface area contributed by atoms with Crippen LogP contribution in [-0.2, 0) is 0 Å². The smallest absolute Gasteiger partial charge is 0.0977 e. The van der Waals surface area contributed by atoms with Crippen molar-refractivity contribution in [2.45, 2.75) is 32.4 Å². The van der Waals surface area contributed by atoms with Gasteiger partial charge in [0.15, 0.2) is 0 Å². The highest BCUT2D eigenvalue weighted by molar-refractivity contribution is 6.30. The van der Waals surface area contributed by atoms with Crippen molar-refractivity contribution in [3.63, 3.8) is 0 Å². The number of hydrogen-bond donors (Lipinski definition) is 0. The summed E-state index contributed by atoms with van der Waals surface area (Å²) in [5.74, 6) is 0. The van der Waals surface area contributed by atoms with Crippen LogP contribution in [0.2, 0.25) is 5.02 Å². The zero-order valence-corrected chi connectivity index (χ0v) is 10.7. The Balaban J connectivity index is 2.81. The van der Waals surface area contributed by atoms with Crippen molar-refractivity contribution in [1.29, 1.82) is 5.26 Å². The Hall–Kier alpha value is -1.04. The summed E-state index contributed by atoms with van der Waals surface area (Å²) in [6.45, 7) is 4.13. The molecule has 3 heteroatoms. The van der Waals surface area contributed by atoms with Crippen LogP contribution < -0.4 is 0 Å². The molecule has 0 aliphatic carbocycles. The second kappa shape index (κ2) is 5.89. The van der Waals surface area contributed by atoms with E-state index >= 15 is 0 Å². The van der Waals surface area contributed by atoms with Gasteiger partial charge in [0.25, 0.3) is 0 Å². The highest BCUT2D eigenvalue weighted by atomic mass is 35.5. The fourth-order valence-corrected chi connectivity index (χ4v) is 1.84. The highest BCUT2D eigenvalue weighted by Gasteiger charge is 2.18. The number of nitriles is 1. The van der Waals surface area contributed by atoms with Crippen molar-refractivity contribution in [3.8, 4) is 6.07 Å². The lowest BCUT2D eigenvalue weighted by molar-refractivity contribution is 0.217. The zero-order valence-electron chi connectivity index (χ0n) is 9.94. The van der Waals surface area contributed by atoms with Crippen LogP contribution in [-0.4, -0.2) is 18.0 Å². The van der Waals surface area contributed by atoms with Crippen LogP contribution in [0.4, 0.5) is 0 Å². The Kier molecular flexibility index (Phi) is 4.79. The fraction of sp³-hybridized carbons (Fsp3) is 0.462. The summed E-state index contributed by atoms with van der Waals surface area (Å²) in [4.78, 5) is 2.09. The molecule has 0 bridgehead atoms. The molecule has 0 fully saturated rings. The molecule has 0 aromatic heterocycles. The number of nitrogens with zero attached hydrogens (tertiary/aromatic N) is 2. The Morgan fingerprint density at radius 1 is 1.38 bits per heavy atom. The van der Waals surface area contributed by atoms with Crippen LogP contribution in [0.1, 0.15) is 31.9 Å². The molecule has 0 aliphatic heterocycles. The predicted octanol–water partition coefficient (Wildman–Crippen LogP) is 3.63. The van der Waals surface area contributed by atoms with Crippen LogP contribution in [0.3, 0.4) is 0 Å². The molecule has 0 amide bonds. The highest BCUT2D eigenvalue weighted by Crippen LogP contribution is 2.23. The van der Waals surface area contributed by atoms with E-state index in [1.807, 2.05) is 38.2 Å². The summed E-state index contributed by atoms with van der Waals surface area (Å²) in [7, 11) is 1.98. The largest absolute Gasteiger partial charge is 0.284 e. The average molecular weight is 237 g/mol. The Labute approximate surface area is 102 Å². The van der Waals surface area contributed by atoms with E-state index in [-0.39, 0.29) is 12.1 Å². The van der Waals surface area contributed by atoms with Gasteiger partial charge < -0.3 is 0 Å². The summed E-state index contributed by atoms with van der Waals surface area (Å²) in [6.07, 6.45) is 0.838. The molecule has 2 nitrogen and oxygen atoms in total. The SMILES string of the molecule is CCC(C#N)N(C)C(C)c1ccc(Cl)cc1. The molecule has 0 aliphatic rings. The van der Waals surface area contributed by atoms with Gasteiger partial charge >= 0.3 is 0 Å². The first-order chi connectivity index (χ1) is 7.60. The molecule has 0 saturated carbocycles. The van der Waals surface area contributed by atoms with Gasteiger partial charge in [-0.3, -0.25) is 4.90 Å². The predicted molar refractivity (Wildman–Crippen MR) is 67.3 cm³/mol. The van der Waals surface area contributed by atoms with Gasteiger partial charge in [-0.2, -0.15) is 5.26 Å². The maximum absolute atomic E-state index is 9.02. The minimum Gasteiger partial charge on any atom is -0.284 e. The number of hydrogen-bond acceptors (Lipinski definition) is 2. The molecule has 0 heterocycles. The van der Waals surface area contributed by atoms with E-state index < -0.39 is 0 Å². The van der Waals surface area contributed by atoms with E-state index in [0.29, 0.717) is 0 Å². The number of rotatable bonds is 4. The third-order valence-electron chi connectivity index (χ3n) is 2.99. The quantitative estimate of drug-likeness (QED) is 0.798. The van der Waals surface area contributed by atoms with E-state index in [2.05, 4.69) is 17.9 Å². The van der Waals surface area contributed by atoms with Gasteiger partial charge in [0, 0.05) is 11.1 Å². The van der Waals surface area contributed by atoms with E-state index in [0.717, 1.165) is 11.4 Å². The van der Waals surface area contributed by atoms with E-state index in [1.54, 1.807) is 0 Å². The third kappa shape index (κ3) is 2.98. The monoisotopic (exact) mass is 236 g/mol. The molecule has 0 saturated heterocycles. The van der Waals surface area contributed by atoms with Crippen molar-refractivity contribution >= 4 is 11.6 Å². The lowest BCUT2D eigenvalue weighted by Crippen LogP contribution is -2.32. The summed E-state index contributed by atoms with van der Waals surface area (Å²) in [5, 5.41) is 9.77. The van der Waals surface area contributed by atoms with Gasteiger partial charge in [0.2, 0.25) is 0 Å². The molecule has 0 spiro atoms. The van der Waals surface area contributed by atoms with Gasteiger partial charge in [-0.05, 0) is 38.1 Å². The summed E-state index contributed by atoms with van der Waals surface area (Å²) in [5.41, 5.74) is 1.18. The van der Waals surface area contributed by atoms with Crippen molar-refractivity contribution < 1.29 is 0 Å². The van der Waals surface area contributed by atoms with Gasteiger partial charge in [0.05, 0.1) is 12.1 Å². The lowest BCUT2D eigenvalue weighted by Gasteiger charge is -2.28. The summed E-state index contributed by atoms with van der Waals surface area (Å²) in [6, 6.07) is 10.3. The first-order valence-electron chi connectivity index (χ1n) is 5.47. The molecule has 86 valence electrons. The van der Waals surface area contributed by atoms with Crippen molar-refractivity contribution in [1.82, 2.24) is 4.90 Å². The molecular formula is C13H17ClN2. The second-order valence-corrected chi connectivity index (χ2v) is 4.38. The van der Waals surface area contributed by atoms with Gasteiger partial charge in [-0.1, -0.05) is 30.7 Å². The van der Waals surface area contributed by atoms with Crippen LogP contribution >= 0.6 is 11.6 Å².